The molecular weight excluding hydrogens is 683 g/mol. The molecule has 3 fully saturated rings. The fourth-order valence-corrected chi connectivity index (χ4v) is 7.80. The first kappa shape index (κ1) is 41.1. The molecule has 1 atom stereocenters. The smallest absolute Gasteiger partial charge is 0.268 e. The number of alkyl halides is 2. The zero-order valence-electron chi connectivity index (χ0n) is 32.4. The Labute approximate surface area is 322 Å². The Bertz CT molecular complexity index is 1660. The molecule has 1 aromatic heterocycles. The molecule has 2 aromatic rings. The Morgan fingerprint density at radius 2 is 1.61 bits per heavy atom. The van der Waals surface area contributed by atoms with Crippen molar-refractivity contribution >= 4 is 16.6 Å². The highest BCUT2D eigenvalue weighted by Crippen LogP contribution is 2.34. The molecule has 292 valence electrons. The van der Waals surface area contributed by atoms with Gasteiger partial charge in [-0.3, -0.25) is 29.5 Å². The summed E-state index contributed by atoms with van der Waals surface area (Å²) in [5.74, 6) is -2.89. The summed E-state index contributed by atoms with van der Waals surface area (Å²) in [4.78, 5) is 20.9. The van der Waals surface area contributed by atoms with E-state index in [2.05, 4.69) is 97.7 Å². The lowest BCUT2D eigenvalue weighted by molar-refractivity contribution is -0.0176. The first-order valence-electron chi connectivity index (χ1n) is 19.3. The zero-order chi connectivity index (χ0) is 38.7. The zero-order valence-corrected chi connectivity index (χ0v) is 32.4. The third kappa shape index (κ3) is 11.2. The van der Waals surface area contributed by atoms with Gasteiger partial charge in [0.25, 0.3) is 5.92 Å². The monoisotopic (exact) mass is 742 g/mol. The van der Waals surface area contributed by atoms with E-state index in [4.69, 9.17) is 0 Å². The maximum absolute atomic E-state index is 14.0. The van der Waals surface area contributed by atoms with Crippen molar-refractivity contribution in [2.45, 2.75) is 44.6 Å². The SMILES string of the molecule is C=CCN1CN(CC)CN(CC(=C)N2CCN(CCCCc3ccc4nccc(C(=C)NCC(=C)N5CC(F)(F)CC5C#N)c4c3)CC2)CN(CC=C)C1. The second-order valence-electron chi connectivity index (χ2n) is 15.0. The highest BCUT2D eigenvalue weighted by molar-refractivity contribution is 5.91. The number of halogens is 2. The molecule has 0 aliphatic carbocycles. The van der Waals surface area contributed by atoms with E-state index in [0.717, 1.165) is 121 Å². The number of aromatic nitrogens is 1. The molecule has 5 rings (SSSR count). The minimum atomic E-state index is -2.89. The molecule has 0 bridgehead atoms. The number of pyridine rings is 1. The van der Waals surface area contributed by atoms with Gasteiger partial charge in [0, 0.05) is 86.5 Å². The van der Waals surface area contributed by atoms with E-state index >= 15 is 0 Å². The Balaban J connectivity index is 1.06. The summed E-state index contributed by atoms with van der Waals surface area (Å²) in [7, 11) is 0. The second kappa shape index (κ2) is 19.5. The van der Waals surface area contributed by atoms with Crippen LogP contribution in [0, 0.1) is 11.3 Å². The first-order chi connectivity index (χ1) is 26.0. The quantitative estimate of drug-likeness (QED) is 0.158. The summed E-state index contributed by atoms with van der Waals surface area (Å²) < 4.78 is 27.9. The predicted molar refractivity (Wildman–Crippen MR) is 216 cm³/mol. The Morgan fingerprint density at radius 1 is 0.926 bits per heavy atom. The fraction of sp³-hybridized carbons (Fsp3) is 0.524. The van der Waals surface area contributed by atoms with Crippen LogP contribution in [0.4, 0.5) is 8.78 Å². The number of hydrogen-bond donors (Lipinski definition) is 1. The van der Waals surface area contributed by atoms with Crippen molar-refractivity contribution in [2.24, 2.45) is 0 Å². The van der Waals surface area contributed by atoms with Gasteiger partial charge >= 0.3 is 0 Å². The third-order valence-electron chi connectivity index (χ3n) is 10.7. The number of nitrogens with one attached hydrogen (secondary N) is 1. The number of aryl methyl sites for hydroxylation is 1. The Kier molecular flexibility index (Phi) is 14.8. The summed E-state index contributed by atoms with van der Waals surface area (Å²) in [6.07, 6.45) is 8.43. The molecule has 0 saturated carbocycles. The topological polar surface area (TPSA) is 71.4 Å². The standard InChI is InChI=1S/C42H60F2N10/c1-7-17-50-30-48(9-3)31-52(33-51(32-50)18-8-2)28-35(5)53-22-20-49(21-23-53)19-11-10-12-37-13-14-41-40(24-37)39(15-16-46-41)36(6)47-27-34(4)54-29-42(43,44)25-38(54)26-45/h7-8,13-16,24,38,47H,1-2,4-6,9-12,17-23,25,27-33H2,3H3. The Hall–Kier alpha value is -4.12. The third-order valence-corrected chi connectivity index (χ3v) is 10.7. The van der Waals surface area contributed by atoms with E-state index < -0.39 is 24.9 Å². The molecule has 54 heavy (non-hydrogen) atoms. The number of piperazine rings is 1. The number of hydrogen-bond acceptors (Lipinski definition) is 10. The number of nitriles is 1. The van der Waals surface area contributed by atoms with Crippen LogP contribution in [0.2, 0.25) is 0 Å². The van der Waals surface area contributed by atoms with E-state index in [1.807, 2.05) is 24.3 Å². The summed E-state index contributed by atoms with van der Waals surface area (Å²) in [5.41, 5.74) is 5.35. The molecule has 3 aliphatic heterocycles. The highest BCUT2D eigenvalue weighted by atomic mass is 19.3. The van der Waals surface area contributed by atoms with Crippen molar-refractivity contribution in [3.8, 4) is 6.07 Å². The molecule has 1 aromatic carbocycles. The average molecular weight is 743 g/mol. The van der Waals surface area contributed by atoms with Gasteiger partial charge < -0.3 is 15.1 Å². The fourth-order valence-electron chi connectivity index (χ4n) is 7.80. The van der Waals surface area contributed by atoms with Crippen molar-refractivity contribution in [1.29, 1.82) is 5.26 Å². The molecule has 0 radical (unpaired) electrons. The maximum atomic E-state index is 14.0. The van der Waals surface area contributed by atoms with Crippen molar-refractivity contribution < 1.29 is 8.78 Å². The van der Waals surface area contributed by atoms with Crippen molar-refractivity contribution in [2.75, 3.05) is 98.7 Å². The molecule has 4 heterocycles. The van der Waals surface area contributed by atoms with E-state index in [0.29, 0.717) is 11.4 Å². The number of benzene rings is 1. The minimum absolute atomic E-state index is 0.222. The lowest BCUT2D eigenvalue weighted by Gasteiger charge is -2.43. The first-order valence-corrected chi connectivity index (χ1v) is 19.3. The van der Waals surface area contributed by atoms with Gasteiger partial charge in [0.2, 0.25) is 0 Å². The maximum Gasteiger partial charge on any atom is 0.268 e. The van der Waals surface area contributed by atoms with Crippen LogP contribution in [0.3, 0.4) is 0 Å². The van der Waals surface area contributed by atoms with Crippen LogP contribution in [0.25, 0.3) is 16.6 Å². The Morgan fingerprint density at radius 3 is 2.30 bits per heavy atom. The van der Waals surface area contributed by atoms with E-state index in [1.54, 1.807) is 6.20 Å². The number of nitrogens with zero attached hydrogens (tertiary/aromatic N) is 9. The van der Waals surface area contributed by atoms with Gasteiger partial charge in [-0.15, -0.1) is 13.2 Å². The van der Waals surface area contributed by atoms with E-state index in [9.17, 15) is 14.0 Å². The van der Waals surface area contributed by atoms with Crippen LogP contribution >= 0.6 is 0 Å². The van der Waals surface area contributed by atoms with Crippen LogP contribution in [-0.2, 0) is 6.42 Å². The molecule has 3 aliphatic rings. The molecule has 10 nitrogen and oxygen atoms in total. The van der Waals surface area contributed by atoms with Crippen molar-refractivity contribution in [1.82, 2.24) is 44.6 Å². The summed E-state index contributed by atoms with van der Waals surface area (Å²) >= 11 is 0. The lowest BCUT2D eigenvalue weighted by atomic mass is 10.0. The van der Waals surface area contributed by atoms with Gasteiger partial charge in [-0.2, -0.15) is 5.26 Å². The molecule has 1 N–H and O–H groups in total. The number of fused-ring (bicyclic) bond motifs is 1. The van der Waals surface area contributed by atoms with Gasteiger partial charge in [-0.05, 0) is 56.1 Å². The average Bonchev–Trinajstić information content (AvgIpc) is 3.48. The van der Waals surface area contributed by atoms with Crippen LogP contribution < -0.4 is 5.32 Å². The van der Waals surface area contributed by atoms with Gasteiger partial charge in [0.1, 0.15) is 6.04 Å². The van der Waals surface area contributed by atoms with Gasteiger partial charge in [-0.25, -0.2) is 8.78 Å². The van der Waals surface area contributed by atoms with Crippen LogP contribution in [0.1, 0.15) is 37.3 Å². The summed E-state index contributed by atoms with van der Waals surface area (Å²) in [6, 6.07) is 9.42. The summed E-state index contributed by atoms with van der Waals surface area (Å²) in [6.45, 7) is 35.0. The number of likely N-dealkylation sites (tertiary alicyclic amines) is 1. The molecule has 1 unspecified atom stereocenters. The predicted octanol–water partition coefficient (Wildman–Crippen LogP) is 5.44. The minimum Gasteiger partial charge on any atom is -0.379 e. The van der Waals surface area contributed by atoms with Gasteiger partial charge in [0.05, 0.1) is 51.4 Å². The second-order valence-corrected chi connectivity index (χ2v) is 15.0. The van der Waals surface area contributed by atoms with Crippen molar-refractivity contribution in [3.05, 3.63) is 98.0 Å². The van der Waals surface area contributed by atoms with E-state index in [-0.39, 0.29) is 6.54 Å². The van der Waals surface area contributed by atoms with Crippen molar-refractivity contribution in [3.63, 3.8) is 0 Å². The largest absolute Gasteiger partial charge is 0.379 e. The molecule has 12 heteroatoms. The lowest BCUT2D eigenvalue weighted by Crippen LogP contribution is -2.55. The molecular formula is C42H60F2N10. The molecule has 3 saturated heterocycles. The van der Waals surface area contributed by atoms with Gasteiger partial charge in [0.15, 0.2) is 0 Å². The van der Waals surface area contributed by atoms with Gasteiger partial charge in [-0.1, -0.05) is 44.9 Å². The van der Waals surface area contributed by atoms with Crippen LogP contribution in [0.15, 0.2) is 86.9 Å². The van der Waals surface area contributed by atoms with Crippen LogP contribution in [0.5, 0.6) is 0 Å². The van der Waals surface area contributed by atoms with E-state index in [1.165, 1.54) is 16.2 Å². The summed E-state index contributed by atoms with van der Waals surface area (Å²) in [5, 5.41) is 13.6. The number of rotatable bonds is 18. The molecule has 0 spiro atoms. The number of unbranched alkanes of at least 4 members (excludes halogenated alkanes) is 1. The normalized spacial score (nSPS) is 20.7. The van der Waals surface area contributed by atoms with Crippen LogP contribution in [-0.4, -0.2) is 150 Å². The highest BCUT2D eigenvalue weighted by Gasteiger charge is 2.45. The molecule has 0 amide bonds.